The van der Waals surface area contributed by atoms with Gasteiger partial charge < -0.3 is 10.4 Å². The Balaban J connectivity index is 1.87. The van der Waals surface area contributed by atoms with E-state index in [1.807, 2.05) is 0 Å². The molecule has 3 nitrogen and oxygen atoms in total. The molecule has 1 atom stereocenters. The Morgan fingerprint density at radius 1 is 1.22 bits per heavy atom. The Labute approximate surface area is 110 Å². The summed E-state index contributed by atoms with van der Waals surface area (Å²) in [5, 5.41) is 12.1. The molecule has 1 saturated heterocycles. The van der Waals surface area contributed by atoms with Crippen molar-refractivity contribution in [1.82, 2.24) is 10.2 Å². The van der Waals surface area contributed by atoms with Gasteiger partial charge in [-0.2, -0.15) is 0 Å². The second-order valence-electron chi connectivity index (χ2n) is 5.03. The fourth-order valence-electron chi connectivity index (χ4n) is 2.66. The molecule has 18 heavy (non-hydrogen) atoms. The summed E-state index contributed by atoms with van der Waals surface area (Å²) in [6.45, 7) is 4.17. The maximum Gasteiger partial charge on any atom is 0.0555 e. The van der Waals surface area contributed by atoms with E-state index in [0.717, 1.165) is 13.1 Å². The predicted molar refractivity (Wildman–Crippen MR) is 74.4 cm³/mol. The average molecular weight is 248 g/mol. The van der Waals surface area contributed by atoms with Gasteiger partial charge in [0.15, 0.2) is 0 Å². The van der Waals surface area contributed by atoms with E-state index in [0.29, 0.717) is 12.6 Å². The predicted octanol–water partition coefficient (Wildman–Crippen LogP) is 1.62. The van der Waals surface area contributed by atoms with Gasteiger partial charge in [0.2, 0.25) is 0 Å². The normalized spacial score (nSPS) is 21.1. The molecule has 0 saturated carbocycles. The molecule has 1 aliphatic heterocycles. The molecular weight excluding hydrogens is 224 g/mol. The third-order valence-electron chi connectivity index (χ3n) is 3.65. The van der Waals surface area contributed by atoms with Gasteiger partial charge in [0, 0.05) is 25.7 Å². The Morgan fingerprint density at radius 2 is 2.06 bits per heavy atom. The summed E-state index contributed by atoms with van der Waals surface area (Å²) >= 11 is 0. The smallest absolute Gasteiger partial charge is 0.0555 e. The molecule has 1 unspecified atom stereocenters. The van der Waals surface area contributed by atoms with E-state index in [9.17, 15) is 0 Å². The van der Waals surface area contributed by atoms with Crippen LogP contribution in [-0.4, -0.2) is 42.3 Å². The standard InChI is InChI=1S/C15H24N2O/c18-11-9-16-12-15-8-4-5-10-17(15)13-14-6-2-1-3-7-14/h1-3,6-7,15-16,18H,4-5,8-13H2. The van der Waals surface area contributed by atoms with Gasteiger partial charge in [0.1, 0.15) is 0 Å². The van der Waals surface area contributed by atoms with Crippen molar-refractivity contribution < 1.29 is 5.11 Å². The van der Waals surface area contributed by atoms with E-state index in [4.69, 9.17) is 5.11 Å². The summed E-state index contributed by atoms with van der Waals surface area (Å²) in [4.78, 5) is 2.57. The van der Waals surface area contributed by atoms with Crippen molar-refractivity contribution in [2.24, 2.45) is 0 Å². The van der Waals surface area contributed by atoms with E-state index >= 15 is 0 Å². The van der Waals surface area contributed by atoms with Crippen molar-refractivity contribution in [3.05, 3.63) is 35.9 Å². The topological polar surface area (TPSA) is 35.5 Å². The number of benzene rings is 1. The zero-order valence-electron chi connectivity index (χ0n) is 11.0. The van der Waals surface area contributed by atoms with E-state index in [-0.39, 0.29) is 6.61 Å². The quantitative estimate of drug-likeness (QED) is 0.751. The summed E-state index contributed by atoms with van der Waals surface area (Å²) in [7, 11) is 0. The highest BCUT2D eigenvalue weighted by atomic mass is 16.3. The lowest BCUT2D eigenvalue weighted by Gasteiger charge is -2.36. The molecule has 2 N–H and O–H groups in total. The molecule has 1 aromatic carbocycles. The van der Waals surface area contributed by atoms with E-state index in [2.05, 4.69) is 40.5 Å². The molecule has 0 amide bonds. The fourth-order valence-corrected chi connectivity index (χ4v) is 2.66. The van der Waals surface area contributed by atoms with E-state index in [1.165, 1.54) is 31.4 Å². The zero-order valence-corrected chi connectivity index (χ0v) is 11.0. The lowest BCUT2D eigenvalue weighted by molar-refractivity contribution is 0.136. The number of piperidine rings is 1. The maximum atomic E-state index is 8.82. The number of likely N-dealkylation sites (tertiary alicyclic amines) is 1. The number of aliphatic hydroxyl groups excluding tert-OH is 1. The molecule has 1 heterocycles. The van der Waals surface area contributed by atoms with Gasteiger partial charge in [-0.25, -0.2) is 0 Å². The second-order valence-corrected chi connectivity index (χ2v) is 5.03. The van der Waals surface area contributed by atoms with Crippen LogP contribution in [0.2, 0.25) is 0 Å². The van der Waals surface area contributed by atoms with Crippen molar-refractivity contribution in [2.75, 3.05) is 26.2 Å². The minimum Gasteiger partial charge on any atom is -0.395 e. The molecule has 0 aliphatic carbocycles. The van der Waals surface area contributed by atoms with Crippen LogP contribution < -0.4 is 5.32 Å². The average Bonchev–Trinajstić information content (AvgIpc) is 2.42. The molecule has 0 spiro atoms. The van der Waals surface area contributed by atoms with Crippen molar-refractivity contribution >= 4 is 0 Å². The van der Waals surface area contributed by atoms with Crippen molar-refractivity contribution in [3.8, 4) is 0 Å². The monoisotopic (exact) mass is 248 g/mol. The highest BCUT2D eigenvalue weighted by Crippen LogP contribution is 2.19. The molecule has 3 heteroatoms. The first kappa shape index (κ1) is 13.5. The van der Waals surface area contributed by atoms with Gasteiger partial charge in [-0.3, -0.25) is 4.90 Å². The molecule has 0 bridgehead atoms. The molecular formula is C15H24N2O. The lowest BCUT2D eigenvalue weighted by atomic mass is 10.0. The minimum absolute atomic E-state index is 0.228. The van der Waals surface area contributed by atoms with Crippen LogP contribution in [0.4, 0.5) is 0 Å². The summed E-state index contributed by atoms with van der Waals surface area (Å²) < 4.78 is 0. The van der Waals surface area contributed by atoms with Crippen molar-refractivity contribution in [1.29, 1.82) is 0 Å². The first-order valence-electron chi connectivity index (χ1n) is 6.99. The van der Waals surface area contributed by atoms with E-state index in [1.54, 1.807) is 0 Å². The zero-order chi connectivity index (χ0) is 12.6. The van der Waals surface area contributed by atoms with Crippen LogP contribution >= 0.6 is 0 Å². The van der Waals surface area contributed by atoms with E-state index < -0.39 is 0 Å². The number of aliphatic hydroxyl groups is 1. The number of hydrogen-bond donors (Lipinski definition) is 2. The molecule has 0 aromatic heterocycles. The SMILES string of the molecule is OCCNCC1CCCCN1Cc1ccccc1. The maximum absolute atomic E-state index is 8.82. The molecule has 2 rings (SSSR count). The first-order chi connectivity index (χ1) is 8.90. The van der Waals surface area contributed by atoms with Crippen molar-refractivity contribution in [2.45, 2.75) is 31.8 Å². The van der Waals surface area contributed by atoms with Crippen LogP contribution in [0.1, 0.15) is 24.8 Å². The van der Waals surface area contributed by atoms with Gasteiger partial charge >= 0.3 is 0 Å². The highest BCUT2D eigenvalue weighted by Gasteiger charge is 2.21. The Bertz CT molecular complexity index is 329. The number of nitrogens with zero attached hydrogens (tertiary/aromatic N) is 1. The van der Waals surface area contributed by atoms with Crippen LogP contribution in [0, 0.1) is 0 Å². The van der Waals surface area contributed by atoms with Gasteiger partial charge in [-0.1, -0.05) is 36.8 Å². The third kappa shape index (κ3) is 4.09. The van der Waals surface area contributed by atoms with Crippen LogP contribution in [-0.2, 0) is 6.54 Å². The Morgan fingerprint density at radius 3 is 2.83 bits per heavy atom. The number of hydrogen-bond acceptors (Lipinski definition) is 3. The Hall–Kier alpha value is -0.900. The number of nitrogens with one attached hydrogen (secondary N) is 1. The van der Waals surface area contributed by atoms with Crippen LogP contribution in [0.15, 0.2) is 30.3 Å². The van der Waals surface area contributed by atoms with Gasteiger partial charge in [-0.15, -0.1) is 0 Å². The van der Waals surface area contributed by atoms with Gasteiger partial charge in [-0.05, 0) is 24.9 Å². The second kappa shape index (κ2) is 7.52. The van der Waals surface area contributed by atoms with Gasteiger partial charge in [0.25, 0.3) is 0 Å². The van der Waals surface area contributed by atoms with Crippen LogP contribution in [0.5, 0.6) is 0 Å². The number of rotatable bonds is 6. The van der Waals surface area contributed by atoms with Crippen LogP contribution in [0.25, 0.3) is 0 Å². The highest BCUT2D eigenvalue weighted by molar-refractivity contribution is 5.14. The summed E-state index contributed by atoms with van der Waals surface area (Å²) in [6.07, 6.45) is 3.91. The minimum atomic E-state index is 0.228. The fraction of sp³-hybridized carbons (Fsp3) is 0.600. The summed E-state index contributed by atoms with van der Waals surface area (Å²) in [5.41, 5.74) is 1.39. The molecule has 100 valence electrons. The summed E-state index contributed by atoms with van der Waals surface area (Å²) in [6, 6.07) is 11.3. The van der Waals surface area contributed by atoms with Gasteiger partial charge in [0.05, 0.1) is 6.61 Å². The Kier molecular flexibility index (Phi) is 5.65. The molecule has 0 radical (unpaired) electrons. The third-order valence-corrected chi connectivity index (χ3v) is 3.65. The molecule has 1 aromatic rings. The summed E-state index contributed by atoms with van der Waals surface area (Å²) in [5.74, 6) is 0. The lowest BCUT2D eigenvalue weighted by Crippen LogP contribution is -2.45. The molecule has 1 aliphatic rings. The van der Waals surface area contributed by atoms with Crippen molar-refractivity contribution in [3.63, 3.8) is 0 Å². The first-order valence-corrected chi connectivity index (χ1v) is 6.99. The van der Waals surface area contributed by atoms with Crippen LogP contribution in [0.3, 0.4) is 0 Å². The molecule has 1 fully saturated rings. The largest absolute Gasteiger partial charge is 0.395 e.